The second-order valence-electron chi connectivity index (χ2n) is 7.01. The number of aromatic nitrogens is 1. The van der Waals surface area contributed by atoms with Gasteiger partial charge in [-0.3, -0.25) is 4.79 Å². The molecule has 1 aromatic heterocycles. The van der Waals surface area contributed by atoms with E-state index in [0.29, 0.717) is 30.2 Å². The van der Waals surface area contributed by atoms with Crippen molar-refractivity contribution >= 4 is 22.5 Å². The molecule has 0 spiro atoms. The number of H-pyrrole nitrogens is 1. The summed E-state index contributed by atoms with van der Waals surface area (Å²) in [6, 6.07) is 24.5. The molecule has 0 unspecified atom stereocenters. The molecule has 0 aliphatic heterocycles. The Bertz CT molecular complexity index is 1250. The SMILES string of the molecule is COc1ccc2cc(C(=O)Nc3ccccc3COc3ccc(CC#N)cc3)[nH]c2c1. The summed E-state index contributed by atoms with van der Waals surface area (Å²) in [5.74, 6) is 1.19. The number of carbonyl (C=O) groups excluding carboxylic acids is 1. The molecule has 154 valence electrons. The number of aromatic amines is 1. The van der Waals surface area contributed by atoms with E-state index >= 15 is 0 Å². The fraction of sp³-hybridized carbons (Fsp3) is 0.120. The number of amides is 1. The number of methoxy groups -OCH3 is 1. The molecule has 0 aliphatic rings. The smallest absolute Gasteiger partial charge is 0.272 e. The monoisotopic (exact) mass is 411 g/mol. The minimum atomic E-state index is -0.233. The van der Waals surface area contributed by atoms with Gasteiger partial charge in [0.05, 0.1) is 19.6 Å². The van der Waals surface area contributed by atoms with Gasteiger partial charge in [-0.05, 0) is 42.0 Å². The third-order valence-electron chi connectivity index (χ3n) is 4.94. The van der Waals surface area contributed by atoms with Crippen molar-refractivity contribution in [2.24, 2.45) is 0 Å². The Morgan fingerprint density at radius 3 is 2.58 bits per heavy atom. The molecule has 31 heavy (non-hydrogen) atoms. The van der Waals surface area contributed by atoms with Crippen LogP contribution in [0.5, 0.6) is 11.5 Å². The highest BCUT2D eigenvalue weighted by Gasteiger charge is 2.13. The van der Waals surface area contributed by atoms with Crippen molar-refractivity contribution in [2.45, 2.75) is 13.0 Å². The zero-order chi connectivity index (χ0) is 21.6. The second-order valence-corrected chi connectivity index (χ2v) is 7.01. The summed E-state index contributed by atoms with van der Waals surface area (Å²) < 4.78 is 11.1. The van der Waals surface area contributed by atoms with E-state index in [0.717, 1.165) is 27.8 Å². The Balaban J connectivity index is 1.46. The topological polar surface area (TPSA) is 87.1 Å². The van der Waals surface area contributed by atoms with Gasteiger partial charge in [0.2, 0.25) is 0 Å². The molecule has 6 heteroatoms. The van der Waals surface area contributed by atoms with Gasteiger partial charge < -0.3 is 19.8 Å². The lowest BCUT2D eigenvalue weighted by Gasteiger charge is -2.12. The number of para-hydroxylation sites is 1. The van der Waals surface area contributed by atoms with Crippen LogP contribution in [-0.4, -0.2) is 18.0 Å². The van der Waals surface area contributed by atoms with Gasteiger partial charge in [-0.1, -0.05) is 30.3 Å². The second kappa shape index (κ2) is 9.06. The minimum Gasteiger partial charge on any atom is -0.497 e. The number of nitrogens with zero attached hydrogens (tertiary/aromatic N) is 1. The molecule has 4 rings (SSSR count). The molecule has 1 amide bonds. The van der Waals surface area contributed by atoms with Crippen molar-refractivity contribution in [3.63, 3.8) is 0 Å². The molecular weight excluding hydrogens is 390 g/mol. The lowest BCUT2D eigenvalue weighted by atomic mass is 10.1. The Morgan fingerprint density at radius 1 is 1.03 bits per heavy atom. The molecule has 0 radical (unpaired) electrons. The van der Waals surface area contributed by atoms with Crippen molar-refractivity contribution < 1.29 is 14.3 Å². The van der Waals surface area contributed by atoms with Crippen LogP contribution in [0, 0.1) is 11.3 Å². The molecule has 0 saturated heterocycles. The van der Waals surface area contributed by atoms with E-state index in [1.807, 2.05) is 72.8 Å². The van der Waals surface area contributed by atoms with Gasteiger partial charge in [0.25, 0.3) is 5.91 Å². The number of anilines is 1. The zero-order valence-electron chi connectivity index (χ0n) is 17.0. The molecule has 6 nitrogen and oxygen atoms in total. The number of nitrogens with one attached hydrogen (secondary N) is 2. The molecule has 1 heterocycles. The fourth-order valence-electron chi connectivity index (χ4n) is 3.27. The number of hydrogen-bond acceptors (Lipinski definition) is 4. The number of nitriles is 1. The highest BCUT2D eigenvalue weighted by molar-refractivity contribution is 6.06. The molecular formula is C25H21N3O3. The summed E-state index contributed by atoms with van der Waals surface area (Å²) >= 11 is 0. The van der Waals surface area contributed by atoms with E-state index in [9.17, 15) is 4.79 Å². The van der Waals surface area contributed by atoms with E-state index in [1.54, 1.807) is 7.11 Å². The predicted molar refractivity (Wildman–Crippen MR) is 119 cm³/mol. The number of benzene rings is 3. The lowest BCUT2D eigenvalue weighted by Crippen LogP contribution is -2.14. The van der Waals surface area contributed by atoms with Crippen molar-refractivity contribution in [3.8, 4) is 17.6 Å². The number of fused-ring (bicyclic) bond motifs is 1. The van der Waals surface area contributed by atoms with Crippen LogP contribution in [0.4, 0.5) is 5.69 Å². The van der Waals surface area contributed by atoms with Crippen LogP contribution in [0.2, 0.25) is 0 Å². The van der Waals surface area contributed by atoms with E-state index in [4.69, 9.17) is 14.7 Å². The normalized spacial score (nSPS) is 10.5. The summed E-state index contributed by atoms with van der Waals surface area (Å²) in [5.41, 5.74) is 3.78. The minimum absolute atomic E-state index is 0.233. The first-order chi connectivity index (χ1) is 15.2. The Hall–Kier alpha value is -4.24. The number of rotatable bonds is 7. The fourth-order valence-corrected chi connectivity index (χ4v) is 3.27. The summed E-state index contributed by atoms with van der Waals surface area (Å²) in [4.78, 5) is 16.0. The average Bonchev–Trinajstić information content (AvgIpc) is 3.23. The largest absolute Gasteiger partial charge is 0.497 e. The van der Waals surface area contributed by atoms with Crippen LogP contribution in [0.3, 0.4) is 0 Å². The first-order valence-electron chi connectivity index (χ1n) is 9.81. The van der Waals surface area contributed by atoms with Crippen LogP contribution in [0.15, 0.2) is 72.8 Å². The van der Waals surface area contributed by atoms with Gasteiger partial charge >= 0.3 is 0 Å². The van der Waals surface area contributed by atoms with E-state index in [2.05, 4.69) is 16.4 Å². The molecule has 0 atom stereocenters. The third kappa shape index (κ3) is 4.68. The molecule has 0 aliphatic carbocycles. The summed E-state index contributed by atoms with van der Waals surface area (Å²) in [7, 11) is 1.61. The van der Waals surface area contributed by atoms with Gasteiger partial charge in [0.15, 0.2) is 0 Å². The van der Waals surface area contributed by atoms with Crippen LogP contribution < -0.4 is 14.8 Å². The van der Waals surface area contributed by atoms with Crippen LogP contribution in [-0.2, 0) is 13.0 Å². The Labute approximate surface area is 180 Å². The quantitative estimate of drug-likeness (QED) is 0.444. The highest BCUT2D eigenvalue weighted by atomic mass is 16.5. The molecule has 0 bridgehead atoms. The van der Waals surface area contributed by atoms with Crippen LogP contribution in [0.1, 0.15) is 21.6 Å². The van der Waals surface area contributed by atoms with Crippen molar-refractivity contribution in [1.29, 1.82) is 5.26 Å². The molecule has 0 fully saturated rings. The molecule has 3 aromatic carbocycles. The summed E-state index contributed by atoms with van der Waals surface area (Å²) in [6.07, 6.45) is 0.371. The van der Waals surface area contributed by atoms with Gasteiger partial charge in [-0.25, -0.2) is 0 Å². The maximum Gasteiger partial charge on any atom is 0.272 e. The van der Waals surface area contributed by atoms with Gasteiger partial charge in [-0.2, -0.15) is 5.26 Å². The average molecular weight is 411 g/mol. The first kappa shape index (κ1) is 20.0. The van der Waals surface area contributed by atoms with E-state index in [-0.39, 0.29) is 5.91 Å². The number of hydrogen-bond donors (Lipinski definition) is 2. The predicted octanol–water partition coefficient (Wildman–Crippen LogP) is 5.07. The Kier molecular flexibility index (Phi) is 5.86. The zero-order valence-corrected chi connectivity index (χ0v) is 17.0. The van der Waals surface area contributed by atoms with Crippen molar-refractivity contribution in [2.75, 3.05) is 12.4 Å². The lowest BCUT2D eigenvalue weighted by molar-refractivity contribution is 0.102. The standard InChI is InChI=1S/C25H21N3O3/c1-30-21-11-8-18-14-24(27-23(18)15-21)25(29)28-22-5-3-2-4-19(22)16-31-20-9-6-17(7-10-20)12-13-26/h2-11,14-15,27H,12,16H2,1H3,(H,28,29). The van der Waals surface area contributed by atoms with Gasteiger partial charge in [0, 0.05) is 28.2 Å². The molecule has 0 saturated carbocycles. The van der Waals surface area contributed by atoms with Crippen LogP contribution >= 0.6 is 0 Å². The van der Waals surface area contributed by atoms with Crippen LogP contribution in [0.25, 0.3) is 10.9 Å². The van der Waals surface area contributed by atoms with E-state index in [1.165, 1.54) is 0 Å². The molecule has 2 N–H and O–H groups in total. The highest BCUT2D eigenvalue weighted by Crippen LogP contribution is 2.23. The van der Waals surface area contributed by atoms with Crippen molar-refractivity contribution in [1.82, 2.24) is 4.98 Å². The number of carbonyl (C=O) groups is 1. The van der Waals surface area contributed by atoms with Gasteiger partial charge in [-0.15, -0.1) is 0 Å². The number of ether oxygens (including phenoxy) is 2. The summed E-state index contributed by atoms with van der Waals surface area (Å²) in [6.45, 7) is 0.304. The Morgan fingerprint density at radius 2 is 1.81 bits per heavy atom. The third-order valence-corrected chi connectivity index (χ3v) is 4.94. The maximum atomic E-state index is 12.8. The molecule has 4 aromatic rings. The first-order valence-corrected chi connectivity index (χ1v) is 9.81. The van der Waals surface area contributed by atoms with Gasteiger partial charge in [0.1, 0.15) is 23.8 Å². The van der Waals surface area contributed by atoms with Crippen molar-refractivity contribution in [3.05, 3.63) is 89.6 Å². The summed E-state index contributed by atoms with van der Waals surface area (Å²) in [5, 5.41) is 12.7. The maximum absolute atomic E-state index is 12.8. The van der Waals surface area contributed by atoms with E-state index < -0.39 is 0 Å².